The number of carbonyl (C=O) groups is 1. The second-order valence-corrected chi connectivity index (χ2v) is 49.7. The molecule has 18 aromatic rings. The number of aryl methyl sites for hydroxylation is 4. The van der Waals surface area contributed by atoms with E-state index in [1.54, 1.807) is 7.11 Å². The number of fused-ring (bicyclic) bond motifs is 15. The Bertz CT molecular complexity index is 7360. The van der Waals surface area contributed by atoms with Gasteiger partial charge in [-0.15, -0.1) is 0 Å². The van der Waals surface area contributed by atoms with Crippen LogP contribution >= 0.6 is 52.3 Å². The Morgan fingerprint density at radius 1 is 0.341 bits per heavy atom. The predicted molar refractivity (Wildman–Crippen MR) is 578 cm³/mol. The molecular formula is C123H121O7S5+5. The molecule has 0 spiro atoms. The number of rotatable bonds is 14. The minimum absolute atomic E-state index is 0.0269. The summed E-state index contributed by atoms with van der Waals surface area (Å²) in [5.74, 6) is 8.10. The summed E-state index contributed by atoms with van der Waals surface area (Å²) in [5, 5.41) is 23.8. The number of ether oxygens (including phenoxy) is 5. The van der Waals surface area contributed by atoms with Gasteiger partial charge in [0.1, 0.15) is 30.5 Å². The highest BCUT2D eigenvalue weighted by molar-refractivity contribution is 7.55. The number of thiophene rings is 5. The number of hydrogen-bond donors (Lipinski definition) is 1. The van der Waals surface area contributed by atoms with Gasteiger partial charge in [0, 0.05) is 142 Å². The van der Waals surface area contributed by atoms with Crippen LogP contribution in [0.5, 0.6) is 11.5 Å². The number of allylic oxidation sites excluding steroid dienone is 4. The summed E-state index contributed by atoms with van der Waals surface area (Å²) < 4.78 is 45.2. The van der Waals surface area contributed by atoms with Crippen LogP contribution in [-0.2, 0) is 23.7 Å². The van der Waals surface area contributed by atoms with Crippen molar-refractivity contribution in [3.05, 3.63) is 355 Å². The van der Waals surface area contributed by atoms with Crippen LogP contribution in [0.25, 0.3) is 125 Å². The van der Waals surface area contributed by atoms with Gasteiger partial charge in [0.05, 0.1) is 25.4 Å². The van der Waals surface area contributed by atoms with E-state index in [1.165, 1.54) is 212 Å². The molecule has 7 nitrogen and oxygen atoms in total. The van der Waals surface area contributed by atoms with E-state index < -0.39 is 0 Å². The summed E-state index contributed by atoms with van der Waals surface area (Å²) in [6.45, 7) is 19.8. The van der Waals surface area contributed by atoms with Crippen molar-refractivity contribution < 1.29 is 33.6 Å². The second-order valence-electron chi connectivity index (χ2n) is 39.9. The maximum absolute atomic E-state index is 13.1. The van der Waals surface area contributed by atoms with E-state index >= 15 is 0 Å². The first kappa shape index (κ1) is 89.1. The summed E-state index contributed by atoms with van der Waals surface area (Å²) >= 11 is 0. The number of phenols is 1. The molecular weight excluding hydrogens is 1750 g/mol. The fourth-order valence-corrected chi connectivity index (χ4v) is 38.4. The monoisotopic (exact) mass is 1870 g/mol. The van der Waals surface area contributed by atoms with Crippen molar-refractivity contribution >= 4 is 169 Å². The van der Waals surface area contributed by atoms with Gasteiger partial charge in [-0.05, 0) is 351 Å². The van der Waals surface area contributed by atoms with Crippen molar-refractivity contribution in [2.45, 2.75) is 150 Å². The maximum atomic E-state index is 13.1. The lowest BCUT2D eigenvalue weighted by Crippen LogP contribution is -2.58. The van der Waals surface area contributed by atoms with Crippen LogP contribution in [0.2, 0.25) is 0 Å². The lowest BCUT2D eigenvalue weighted by molar-refractivity contribution is -0.207. The number of methoxy groups -OCH3 is 1. The van der Waals surface area contributed by atoms with Gasteiger partial charge in [0.2, 0.25) is 0 Å². The SMILES string of the molecule is CC1=CC([s+]2c3ccccc3c3ccccc32)=CC(C)C1OCC(=O)OC1(C)C2CC3CC(C2)CC1C3.CC1=CC([s+]2c3ccccc3c3ccccc32)=CC(C)C1OCOC1C2CC3CC(C2)CC1C3.COc1c(C)cc(-[s+]2c3ccccc3c3ccccc32)cc1C.Cc1cc(-[s+]2c3ccccc3c3ccccc32)cc(C)c1O.c1ccc(-[s+]2c3ccccc3c3ccccc32)cc1. The summed E-state index contributed by atoms with van der Waals surface area (Å²) in [7, 11) is 1.56. The molecule has 13 aromatic carbocycles. The fourth-order valence-electron chi connectivity index (χ4n) is 25.6. The molecule has 28 rings (SSSR count). The molecule has 0 radical (unpaired) electrons. The lowest BCUT2D eigenvalue weighted by Gasteiger charge is -2.59. The summed E-state index contributed by atoms with van der Waals surface area (Å²) in [6, 6.07) is 108. The average Bonchev–Trinajstić information content (AvgIpc) is 1.72. The van der Waals surface area contributed by atoms with Gasteiger partial charge in [-0.3, -0.25) is 0 Å². The third kappa shape index (κ3) is 16.6. The van der Waals surface area contributed by atoms with Gasteiger partial charge in [-0.25, -0.2) is 4.79 Å². The maximum Gasteiger partial charge on any atom is 0.332 e. The van der Waals surface area contributed by atoms with E-state index in [2.05, 4.69) is 370 Å². The second kappa shape index (κ2) is 37.4. The first-order chi connectivity index (χ1) is 65.9. The molecule has 0 amide bonds. The predicted octanol–water partition coefficient (Wildman–Crippen LogP) is 34.8. The van der Waals surface area contributed by atoms with Gasteiger partial charge in [-0.2, -0.15) is 0 Å². The highest BCUT2D eigenvalue weighted by atomic mass is 32.2. The molecule has 5 heterocycles. The van der Waals surface area contributed by atoms with Crippen LogP contribution in [0.3, 0.4) is 0 Å². The highest BCUT2D eigenvalue weighted by Gasteiger charge is 2.57. The van der Waals surface area contributed by atoms with Crippen molar-refractivity contribution in [1.29, 1.82) is 0 Å². The Hall–Kier alpha value is -11.1. The number of benzene rings is 13. The summed E-state index contributed by atoms with van der Waals surface area (Å²) in [4.78, 5) is 19.9. The fraction of sp³-hybridized carbons (Fsp3) is 0.293. The molecule has 680 valence electrons. The molecule has 4 atom stereocenters. The number of phenolic OH excluding ortho intramolecular Hbond substituents is 1. The van der Waals surface area contributed by atoms with Crippen LogP contribution in [0, 0.1) is 86.9 Å². The normalized spacial score (nSPS) is 23.5. The van der Waals surface area contributed by atoms with Crippen molar-refractivity contribution in [1.82, 2.24) is 0 Å². The first-order valence-electron chi connectivity index (χ1n) is 48.9. The zero-order valence-electron chi connectivity index (χ0n) is 79.0. The Morgan fingerprint density at radius 2 is 0.622 bits per heavy atom. The molecule has 135 heavy (non-hydrogen) atoms. The van der Waals surface area contributed by atoms with Gasteiger partial charge in [-0.1, -0.05) is 153 Å². The minimum Gasteiger partial charge on any atom is -0.507 e. The van der Waals surface area contributed by atoms with Crippen LogP contribution < -0.4 is 4.74 Å². The van der Waals surface area contributed by atoms with Gasteiger partial charge in [0.25, 0.3) is 0 Å². The van der Waals surface area contributed by atoms with Crippen molar-refractivity contribution in [3.8, 4) is 26.2 Å². The smallest absolute Gasteiger partial charge is 0.332 e. The van der Waals surface area contributed by atoms with Crippen molar-refractivity contribution in [3.63, 3.8) is 0 Å². The van der Waals surface area contributed by atoms with E-state index in [1.807, 2.05) is 13.8 Å². The molecule has 0 aliphatic heterocycles. The quantitative estimate of drug-likeness (QED) is 0.0660. The summed E-state index contributed by atoms with van der Waals surface area (Å²) in [5.41, 5.74) is 6.53. The molecule has 10 aliphatic carbocycles. The van der Waals surface area contributed by atoms with Crippen LogP contribution in [0.4, 0.5) is 0 Å². The van der Waals surface area contributed by atoms with Crippen molar-refractivity contribution in [2.24, 2.45) is 59.2 Å². The lowest BCUT2D eigenvalue weighted by atomic mass is 9.50. The topological polar surface area (TPSA) is 83.5 Å². The Balaban J connectivity index is 0.000000100. The van der Waals surface area contributed by atoms with Gasteiger partial charge in [0.15, 0.2) is 71.5 Å². The van der Waals surface area contributed by atoms with Crippen LogP contribution in [0.15, 0.2) is 333 Å². The molecule has 8 bridgehead atoms. The molecule has 8 fully saturated rings. The molecule has 8 saturated carbocycles. The minimum atomic E-state index is -0.297. The Labute approximate surface area is 807 Å². The van der Waals surface area contributed by atoms with E-state index in [9.17, 15) is 9.90 Å². The van der Waals surface area contributed by atoms with Crippen LogP contribution in [-0.4, -0.2) is 55.5 Å². The molecule has 1 N–H and O–H groups in total. The van der Waals surface area contributed by atoms with E-state index in [0.29, 0.717) is 36.4 Å². The standard InChI is InChI=1S/C33H37O3S.C31H35O2S.C21H19OS.C20H16OS.C18H13S/c1-20-12-26(37-29-10-6-4-8-27(29)28-9-5-7-11-30(28)37)13-21(2)32(20)35-19-31(34)36-33(3)24-15-22-14-23(17-24)18-25(33)16-22;1-19-11-25(34-28-9-5-3-7-26(28)27-8-4-6-10-29(27)34)12-20(2)30(19)32-18-33-31-23-14-21-13-22(16-23)17-24(31)15-21;1-14-12-16(13-15(2)21(14)22-3)23-19-10-6-4-8-17(19)18-9-5-7-11-20(18)23;1-13-11-15(12-14(2)20(13)21)22-18-9-5-3-7-16(18)17-8-4-6-10-19(17)22;1-2-8-14(9-3-1)19-17-12-6-4-10-15(17)16-11-5-7-13-18(16)19/h4-13,20,22-25,32H,14-19H2,1-3H3;3-12,19,21-24,30-31H,13-18H2,1-2H3;4-13H,1-3H3;3-12H,1-2H3;1-13H/q3*+1;;+1/p+1. The van der Waals surface area contributed by atoms with E-state index in [-0.39, 0.29) is 88.7 Å². The Kier molecular flexibility index (Phi) is 24.7. The highest BCUT2D eigenvalue weighted by Crippen LogP contribution is 2.62. The summed E-state index contributed by atoms with van der Waals surface area (Å²) in [6.07, 6.45) is 23.4. The Morgan fingerprint density at radius 3 is 0.941 bits per heavy atom. The number of hydrogen-bond acceptors (Lipinski definition) is 7. The average molecular weight is 1870 g/mol. The first-order valence-corrected chi connectivity index (χ1v) is 55.0. The van der Waals surface area contributed by atoms with Crippen LogP contribution in [0.1, 0.15) is 121 Å². The third-order valence-electron chi connectivity index (χ3n) is 31.1. The number of carbonyl (C=O) groups excluding carboxylic acids is 1. The van der Waals surface area contributed by atoms with E-state index in [0.717, 1.165) is 52.4 Å². The molecule has 10 aliphatic rings. The molecule has 12 heteroatoms. The van der Waals surface area contributed by atoms with Crippen molar-refractivity contribution in [2.75, 3.05) is 20.5 Å². The van der Waals surface area contributed by atoms with Gasteiger partial charge < -0.3 is 28.8 Å². The molecule has 5 aromatic heterocycles. The zero-order valence-corrected chi connectivity index (χ0v) is 83.1. The van der Waals surface area contributed by atoms with Gasteiger partial charge >= 0.3 is 5.97 Å². The number of esters is 1. The largest absolute Gasteiger partial charge is 0.507 e. The zero-order chi connectivity index (χ0) is 92.0. The number of aromatic hydroxyl groups is 1. The third-order valence-corrected chi connectivity index (χ3v) is 42.7. The van der Waals surface area contributed by atoms with E-state index in [4.69, 9.17) is 23.7 Å². The molecule has 0 saturated heterocycles. The molecule has 4 unspecified atom stereocenters.